The van der Waals surface area contributed by atoms with Gasteiger partial charge in [-0.25, -0.2) is 0 Å². The predicted molar refractivity (Wildman–Crippen MR) is 195 cm³/mol. The summed E-state index contributed by atoms with van der Waals surface area (Å²) in [5.41, 5.74) is 0.369. The van der Waals surface area contributed by atoms with Crippen molar-refractivity contribution >= 4 is 57.8 Å². The highest BCUT2D eigenvalue weighted by Gasteiger charge is 2.37. The number of ketones is 1. The van der Waals surface area contributed by atoms with Gasteiger partial charge in [0, 0.05) is 31.2 Å². The van der Waals surface area contributed by atoms with Crippen LogP contribution in [0.3, 0.4) is 0 Å². The van der Waals surface area contributed by atoms with Crippen molar-refractivity contribution in [3.8, 4) is 0 Å². The Morgan fingerprint density at radius 3 is 2.10 bits per heavy atom. The number of ether oxygens (including phenoxy) is 2. The van der Waals surface area contributed by atoms with E-state index in [-0.39, 0.29) is 42.4 Å². The van der Waals surface area contributed by atoms with Crippen molar-refractivity contribution in [2.45, 2.75) is 96.1 Å². The molecule has 3 atom stereocenters. The van der Waals surface area contributed by atoms with Crippen LogP contribution in [-0.4, -0.2) is 75.3 Å². The predicted octanol–water partition coefficient (Wildman–Crippen LogP) is 5.16. The maximum Gasteiger partial charge on any atom is 0.306 e. The molecule has 1 unspecified atom stereocenters. The lowest BCUT2D eigenvalue weighted by Gasteiger charge is -2.31. The minimum absolute atomic E-state index is 0.129. The van der Waals surface area contributed by atoms with Crippen LogP contribution < -0.4 is 10.6 Å². The first-order valence-corrected chi connectivity index (χ1v) is 18.2. The number of rotatable bonds is 18. The third kappa shape index (κ3) is 13.6. The molecule has 0 radical (unpaired) electrons. The van der Waals surface area contributed by atoms with E-state index in [1.54, 1.807) is 18.7 Å². The molecule has 3 amide bonds. The molecule has 0 spiro atoms. The lowest BCUT2D eigenvalue weighted by Crippen LogP contribution is -2.60. The zero-order valence-corrected chi connectivity index (χ0v) is 30.5. The van der Waals surface area contributed by atoms with E-state index in [0.29, 0.717) is 43.3 Å². The highest BCUT2D eigenvalue weighted by molar-refractivity contribution is 8.23. The van der Waals surface area contributed by atoms with Crippen LogP contribution >= 0.6 is 24.0 Å². The normalized spacial score (nSPS) is 14.7. The number of nitrogens with one attached hydrogen (secondary N) is 2. The average molecular weight is 712 g/mol. The number of benzene rings is 2. The number of thiocarbonyl (C=S) groups is 1. The van der Waals surface area contributed by atoms with E-state index in [1.807, 2.05) is 67.6 Å². The van der Waals surface area contributed by atoms with Gasteiger partial charge in [0.2, 0.25) is 22.1 Å². The van der Waals surface area contributed by atoms with Gasteiger partial charge >= 0.3 is 5.97 Å². The molecule has 10 nitrogen and oxygen atoms in total. The third-order valence-electron chi connectivity index (χ3n) is 8.33. The van der Waals surface area contributed by atoms with Crippen molar-refractivity contribution < 1.29 is 33.4 Å². The zero-order chi connectivity index (χ0) is 35.8. The van der Waals surface area contributed by atoms with Gasteiger partial charge in [0.15, 0.2) is 0 Å². The average Bonchev–Trinajstić information content (AvgIpc) is 3.61. The summed E-state index contributed by atoms with van der Waals surface area (Å²) in [6, 6.07) is 18.0. The Labute approximate surface area is 299 Å². The van der Waals surface area contributed by atoms with Gasteiger partial charge in [0.05, 0.1) is 12.5 Å². The Kier molecular flexibility index (Phi) is 16.2. The molecule has 0 aliphatic carbocycles. The number of nitrogens with zero attached hydrogens (tertiary/aromatic N) is 1. The molecule has 1 heterocycles. The molecular weight excluding hydrogens is 663 g/mol. The number of esters is 1. The lowest BCUT2D eigenvalue weighted by molar-refractivity contribution is -0.145. The number of thioether (sulfide) groups is 1. The first kappa shape index (κ1) is 39.7. The summed E-state index contributed by atoms with van der Waals surface area (Å²) >= 11 is 6.63. The summed E-state index contributed by atoms with van der Waals surface area (Å²) < 4.78 is 11.2. The lowest BCUT2D eigenvalue weighted by atomic mass is 9.93. The molecule has 1 fully saturated rings. The molecule has 3 rings (SSSR count). The first-order valence-electron chi connectivity index (χ1n) is 16.9. The van der Waals surface area contributed by atoms with Gasteiger partial charge in [0.25, 0.3) is 0 Å². The van der Waals surface area contributed by atoms with Crippen LogP contribution in [0.4, 0.5) is 0 Å². The van der Waals surface area contributed by atoms with Crippen molar-refractivity contribution in [2.24, 2.45) is 5.92 Å². The van der Waals surface area contributed by atoms with E-state index in [4.69, 9.17) is 21.7 Å². The van der Waals surface area contributed by atoms with Crippen LogP contribution in [0.25, 0.3) is 0 Å². The minimum Gasteiger partial charge on any atom is -0.479 e. The van der Waals surface area contributed by atoms with Crippen LogP contribution in [0.15, 0.2) is 60.7 Å². The van der Waals surface area contributed by atoms with Gasteiger partial charge in [-0.3, -0.25) is 24.0 Å². The summed E-state index contributed by atoms with van der Waals surface area (Å²) in [4.78, 5) is 67.6. The number of likely N-dealkylation sites (tertiary alicyclic amines) is 1. The van der Waals surface area contributed by atoms with Crippen molar-refractivity contribution in [1.82, 2.24) is 15.5 Å². The standard InChI is InChI=1S/C37H49N3O7S2/c1-5-46-36(48)49-29(19-21-32(42)47-25-28-16-10-7-11-17-28)18-20-30(26(2)41)33(43)39-37(3,4)35(45)38-31(24-27-14-8-6-9-15-27)34(44)40-22-12-13-23-40/h6-11,14-17,29-31H,5,12-13,18-25H2,1-4H3,(H,38,45)(H,39,43)/t29?,30-,31+/m1/s1. The largest absolute Gasteiger partial charge is 0.479 e. The van der Waals surface area contributed by atoms with Crippen LogP contribution in [0.1, 0.15) is 77.3 Å². The monoisotopic (exact) mass is 711 g/mol. The van der Waals surface area contributed by atoms with E-state index in [2.05, 4.69) is 10.6 Å². The Morgan fingerprint density at radius 1 is 0.898 bits per heavy atom. The van der Waals surface area contributed by atoms with Crippen LogP contribution in [-0.2, 0) is 46.5 Å². The topological polar surface area (TPSA) is 131 Å². The molecular formula is C37H49N3O7S2. The first-order chi connectivity index (χ1) is 23.4. The molecule has 2 N–H and O–H groups in total. The minimum atomic E-state index is -1.42. The van der Waals surface area contributed by atoms with E-state index < -0.39 is 29.3 Å². The van der Waals surface area contributed by atoms with Gasteiger partial charge in [-0.1, -0.05) is 72.4 Å². The molecule has 1 saturated heterocycles. The molecule has 12 heteroatoms. The maximum atomic E-state index is 13.6. The molecule has 0 bridgehead atoms. The Bertz CT molecular complexity index is 1420. The number of Topliss-reactive ketones (excluding diaryl/α,β-unsaturated/α-hetero) is 1. The van der Waals surface area contributed by atoms with Gasteiger partial charge in [-0.15, -0.1) is 0 Å². The number of hydrogen-bond acceptors (Lipinski definition) is 9. The number of amides is 3. The highest BCUT2D eigenvalue weighted by atomic mass is 32.2. The molecule has 0 saturated carbocycles. The Balaban J connectivity index is 1.62. The summed E-state index contributed by atoms with van der Waals surface area (Å²) in [5, 5.41) is 5.42. The second-order valence-corrected chi connectivity index (χ2v) is 14.6. The van der Waals surface area contributed by atoms with Gasteiger partial charge < -0.3 is 25.0 Å². The number of carbonyl (C=O) groups is 5. The van der Waals surface area contributed by atoms with Crippen molar-refractivity contribution in [3.05, 3.63) is 71.8 Å². The van der Waals surface area contributed by atoms with Crippen molar-refractivity contribution in [2.75, 3.05) is 19.7 Å². The van der Waals surface area contributed by atoms with E-state index in [0.717, 1.165) is 24.0 Å². The Morgan fingerprint density at radius 2 is 1.51 bits per heavy atom. The SMILES string of the molecule is CCOC(=S)SC(CCC(=O)OCc1ccccc1)CC[C@H](C(C)=O)C(=O)NC(C)(C)C(=O)N[C@@H](Cc1ccccc1)C(=O)N1CCCC1. The molecule has 2 aromatic rings. The number of carbonyl (C=O) groups excluding carboxylic acids is 5. The zero-order valence-electron chi connectivity index (χ0n) is 28.9. The van der Waals surface area contributed by atoms with Gasteiger partial charge in [-0.05, 0) is 83.1 Å². The quantitative estimate of drug-likeness (QED) is 0.122. The van der Waals surface area contributed by atoms with Crippen molar-refractivity contribution in [3.63, 3.8) is 0 Å². The molecule has 1 aliphatic heterocycles. The second-order valence-electron chi connectivity index (χ2n) is 12.7. The third-order valence-corrected chi connectivity index (χ3v) is 9.85. The molecule has 49 heavy (non-hydrogen) atoms. The molecule has 266 valence electrons. The second kappa shape index (κ2) is 20.0. The van der Waals surface area contributed by atoms with E-state index in [9.17, 15) is 24.0 Å². The van der Waals surface area contributed by atoms with Gasteiger partial charge in [-0.2, -0.15) is 0 Å². The molecule has 2 aromatic carbocycles. The van der Waals surface area contributed by atoms with Gasteiger partial charge in [0.1, 0.15) is 24.0 Å². The molecule has 0 aromatic heterocycles. The summed E-state index contributed by atoms with van der Waals surface area (Å²) in [6.07, 6.45) is 3.24. The maximum absolute atomic E-state index is 13.6. The summed E-state index contributed by atoms with van der Waals surface area (Å²) in [7, 11) is 0. The van der Waals surface area contributed by atoms with Crippen LogP contribution in [0.5, 0.6) is 0 Å². The smallest absolute Gasteiger partial charge is 0.306 e. The van der Waals surface area contributed by atoms with Crippen molar-refractivity contribution in [1.29, 1.82) is 0 Å². The fraction of sp³-hybridized carbons (Fsp3) is 0.514. The van der Waals surface area contributed by atoms with Crippen LogP contribution in [0, 0.1) is 5.92 Å². The van der Waals surface area contributed by atoms with Crippen LogP contribution in [0.2, 0.25) is 0 Å². The summed E-state index contributed by atoms with van der Waals surface area (Å²) in [5.74, 6) is -3.02. The fourth-order valence-electron chi connectivity index (χ4n) is 5.51. The molecule has 1 aliphatic rings. The highest BCUT2D eigenvalue weighted by Crippen LogP contribution is 2.27. The summed E-state index contributed by atoms with van der Waals surface area (Å²) in [6.45, 7) is 8.12. The fourth-order valence-corrected chi connectivity index (χ4v) is 6.98. The Hall–Kier alpha value is -3.77. The number of hydrogen-bond donors (Lipinski definition) is 2. The van der Waals surface area contributed by atoms with E-state index >= 15 is 0 Å². The van der Waals surface area contributed by atoms with E-state index in [1.165, 1.54) is 18.7 Å².